The van der Waals surface area contributed by atoms with E-state index in [0.29, 0.717) is 24.5 Å². The van der Waals surface area contributed by atoms with E-state index < -0.39 is 0 Å². The number of anilines is 1. The van der Waals surface area contributed by atoms with Crippen molar-refractivity contribution in [1.82, 2.24) is 15.1 Å². The number of fused-ring (bicyclic) bond motifs is 1. The standard InChI is InChI=1S/C21H21FN4O/c1-21(2)18-17(13-26(21)12-14-7-6-10-16(22)11-14)19(25-24-18)23-20(27)15-8-4-3-5-9-15/h3-11H,12-13H2,1-2H3,(H2,23,24,25,27). The van der Waals surface area contributed by atoms with Gasteiger partial charge in [0.2, 0.25) is 0 Å². The number of carbonyl (C=O) groups excluding carboxylic acids is 1. The Kier molecular flexibility index (Phi) is 4.28. The van der Waals surface area contributed by atoms with Crippen LogP contribution in [-0.2, 0) is 18.6 Å². The predicted molar refractivity (Wildman–Crippen MR) is 102 cm³/mol. The first-order chi connectivity index (χ1) is 12.9. The van der Waals surface area contributed by atoms with E-state index in [-0.39, 0.29) is 17.3 Å². The summed E-state index contributed by atoms with van der Waals surface area (Å²) in [6.45, 7) is 5.43. The summed E-state index contributed by atoms with van der Waals surface area (Å²) in [5.74, 6) is 0.125. The van der Waals surface area contributed by atoms with E-state index in [0.717, 1.165) is 16.8 Å². The number of carbonyl (C=O) groups is 1. The normalized spacial score (nSPS) is 15.5. The monoisotopic (exact) mass is 364 g/mol. The second-order valence-corrected chi connectivity index (χ2v) is 7.29. The summed E-state index contributed by atoms with van der Waals surface area (Å²) < 4.78 is 13.5. The van der Waals surface area contributed by atoms with Crippen LogP contribution in [0, 0.1) is 5.82 Å². The number of benzene rings is 2. The first-order valence-corrected chi connectivity index (χ1v) is 8.89. The SMILES string of the molecule is CC1(C)c2[nH]nc(NC(=O)c3ccccc3)c2CN1Cc1cccc(F)c1. The molecule has 5 nitrogen and oxygen atoms in total. The van der Waals surface area contributed by atoms with Crippen LogP contribution in [0.25, 0.3) is 0 Å². The zero-order valence-corrected chi connectivity index (χ0v) is 15.3. The third-order valence-corrected chi connectivity index (χ3v) is 5.15. The van der Waals surface area contributed by atoms with Crippen LogP contribution in [-0.4, -0.2) is 21.0 Å². The molecule has 2 N–H and O–H groups in total. The minimum absolute atomic E-state index is 0.189. The lowest BCUT2D eigenvalue weighted by molar-refractivity contribution is 0.102. The molecule has 3 aromatic rings. The van der Waals surface area contributed by atoms with Crippen LogP contribution in [0.1, 0.15) is 41.0 Å². The third-order valence-electron chi connectivity index (χ3n) is 5.15. The number of nitrogens with zero attached hydrogens (tertiary/aromatic N) is 2. The van der Waals surface area contributed by atoms with Gasteiger partial charge < -0.3 is 5.32 Å². The molecule has 1 aromatic heterocycles. The molecule has 2 aromatic carbocycles. The number of nitrogens with one attached hydrogen (secondary N) is 2. The maximum Gasteiger partial charge on any atom is 0.256 e. The van der Waals surface area contributed by atoms with Gasteiger partial charge in [-0.15, -0.1) is 0 Å². The summed E-state index contributed by atoms with van der Waals surface area (Å²) in [6.07, 6.45) is 0. The Balaban J connectivity index is 1.56. The van der Waals surface area contributed by atoms with Crippen molar-refractivity contribution in [2.75, 3.05) is 5.32 Å². The van der Waals surface area contributed by atoms with E-state index in [2.05, 4.69) is 34.3 Å². The van der Waals surface area contributed by atoms with Crippen molar-refractivity contribution >= 4 is 11.7 Å². The van der Waals surface area contributed by atoms with Crippen molar-refractivity contribution in [2.24, 2.45) is 0 Å². The number of aromatic nitrogens is 2. The number of rotatable bonds is 4. The lowest BCUT2D eigenvalue weighted by Gasteiger charge is -2.31. The van der Waals surface area contributed by atoms with Crippen molar-refractivity contribution in [3.05, 3.63) is 82.8 Å². The fourth-order valence-electron chi connectivity index (χ4n) is 3.55. The van der Waals surface area contributed by atoms with Gasteiger partial charge in [0.15, 0.2) is 5.82 Å². The molecule has 4 rings (SSSR count). The molecule has 0 saturated heterocycles. The van der Waals surface area contributed by atoms with Crippen LogP contribution in [0.2, 0.25) is 0 Å². The van der Waals surface area contributed by atoms with Crippen molar-refractivity contribution < 1.29 is 9.18 Å². The Hall–Kier alpha value is -2.99. The lowest BCUT2D eigenvalue weighted by Crippen LogP contribution is -2.35. The highest BCUT2D eigenvalue weighted by Gasteiger charge is 2.41. The van der Waals surface area contributed by atoms with Gasteiger partial charge in [-0.2, -0.15) is 5.10 Å². The van der Waals surface area contributed by atoms with Crippen LogP contribution in [0.15, 0.2) is 54.6 Å². The fourth-order valence-corrected chi connectivity index (χ4v) is 3.55. The minimum Gasteiger partial charge on any atom is -0.305 e. The van der Waals surface area contributed by atoms with Crippen LogP contribution in [0.3, 0.4) is 0 Å². The van der Waals surface area contributed by atoms with Crippen LogP contribution in [0.5, 0.6) is 0 Å². The third kappa shape index (κ3) is 3.24. The molecule has 0 aliphatic carbocycles. The smallest absolute Gasteiger partial charge is 0.256 e. The Bertz CT molecular complexity index is 981. The quantitative estimate of drug-likeness (QED) is 0.734. The van der Waals surface area contributed by atoms with E-state index in [9.17, 15) is 9.18 Å². The van der Waals surface area contributed by atoms with Crippen molar-refractivity contribution in [1.29, 1.82) is 0 Å². The predicted octanol–water partition coefficient (Wildman–Crippen LogP) is 4.05. The van der Waals surface area contributed by atoms with E-state index in [1.54, 1.807) is 24.3 Å². The Labute approximate surface area is 157 Å². The van der Waals surface area contributed by atoms with Gasteiger partial charge in [0, 0.05) is 24.2 Å². The molecule has 27 heavy (non-hydrogen) atoms. The number of aromatic amines is 1. The molecule has 1 aliphatic rings. The van der Waals surface area contributed by atoms with Gasteiger partial charge in [0.25, 0.3) is 5.91 Å². The molecule has 0 radical (unpaired) electrons. The zero-order chi connectivity index (χ0) is 19.0. The first-order valence-electron chi connectivity index (χ1n) is 8.89. The average Bonchev–Trinajstić information content (AvgIpc) is 3.15. The Morgan fingerprint density at radius 2 is 2.00 bits per heavy atom. The highest BCUT2D eigenvalue weighted by atomic mass is 19.1. The highest BCUT2D eigenvalue weighted by Crippen LogP contribution is 2.41. The second-order valence-electron chi connectivity index (χ2n) is 7.29. The summed E-state index contributed by atoms with van der Waals surface area (Å²) in [5.41, 5.74) is 3.15. The number of hydrogen-bond acceptors (Lipinski definition) is 3. The molecule has 0 saturated carbocycles. The molecule has 0 bridgehead atoms. The van der Waals surface area contributed by atoms with Gasteiger partial charge in [0.05, 0.1) is 11.2 Å². The van der Waals surface area contributed by atoms with E-state index >= 15 is 0 Å². The summed E-state index contributed by atoms with van der Waals surface area (Å²) in [5, 5.41) is 10.3. The van der Waals surface area contributed by atoms with Crippen molar-refractivity contribution in [3.63, 3.8) is 0 Å². The topological polar surface area (TPSA) is 61.0 Å². The molecule has 0 atom stereocenters. The molecule has 0 spiro atoms. The number of H-pyrrole nitrogens is 1. The van der Waals surface area contributed by atoms with Crippen molar-refractivity contribution in [3.8, 4) is 0 Å². The maximum absolute atomic E-state index is 13.5. The molecule has 138 valence electrons. The van der Waals surface area contributed by atoms with Gasteiger partial charge in [-0.25, -0.2) is 4.39 Å². The van der Waals surface area contributed by atoms with Crippen molar-refractivity contribution in [2.45, 2.75) is 32.5 Å². The molecule has 0 fully saturated rings. The Morgan fingerprint density at radius 1 is 1.22 bits per heavy atom. The summed E-state index contributed by atoms with van der Waals surface area (Å²) >= 11 is 0. The largest absolute Gasteiger partial charge is 0.305 e. The van der Waals surface area contributed by atoms with Gasteiger partial charge >= 0.3 is 0 Å². The van der Waals surface area contributed by atoms with Gasteiger partial charge in [-0.3, -0.25) is 14.8 Å². The molecule has 6 heteroatoms. The number of amides is 1. The zero-order valence-electron chi connectivity index (χ0n) is 15.3. The molecule has 0 unspecified atom stereocenters. The lowest BCUT2D eigenvalue weighted by atomic mass is 10.00. The van der Waals surface area contributed by atoms with Crippen LogP contribution < -0.4 is 5.32 Å². The molecule has 2 heterocycles. The highest BCUT2D eigenvalue weighted by molar-refractivity contribution is 6.04. The minimum atomic E-state index is -0.301. The van der Waals surface area contributed by atoms with Gasteiger partial charge in [-0.1, -0.05) is 30.3 Å². The summed E-state index contributed by atoms with van der Waals surface area (Å²) in [4.78, 5) is 14.7. The summed E-state index contributed by atoms with van der Waals surface area (Å²) in [6, 6.07) is 15.7. The second kappa shape index (κ2) is 6.63. The molecule has 1 amide bonds. The van der Waals surface area contributed by atoms with Gasteiger partial charge in [-0.05, 0) is 43.7 Å². The molecule has 1 aliphatic heterocycles. The Morgan fingerprint density at radius 3 is 2.74 bits per heavy atom. The van der Waals surface area contributed by atoms with E-state index in [4.69, 9.17) is 0 Å². The number of hydrogen-bond donors (Lipinski definition) is 2. The summed E-state index contributed by atoms with van der Waals surface area (Å²) in [7, 11) is 0. The van der Waals surface area contributed by atoms with Gasteiger partial charge in [0.1, 0.15) is 5.82 Å². The fraction of sp³-hybridized carbons (Fsp3) is 0.238. The van der Waals surface area contributed by atoms with Crippen LogP contribution >= 0.6 is 0 Å². The van der Waals surface area contributed by atoms with E-state index in [1.807, 2.05) is 24.3 Å². The molecular formula is C21H21FN4O. The first kappa shape index (κ1) is 17.4. The van der Waals surface area contributed by atoms with Crippen LogP contribution in [0.4, 0.5) is 10.2 Å². The average molecular weight is 364 g/mol. The maximum atomic E-state index is 13.5. The number of halogens is 1. The molecular weight excluding hydrogens is 343 g/mol. The van der Waals surface area contributed by atoms with E-state index in [1.165, 1.54) is 6.07 Å².